The standard InChI is InChI=1S/C10H12O.2C10H12.C6H10O2.C5H8O2.C4H8/c1-3-9-4-6-10(7-5-9)8-11-2;1-3-9-5-7-10(4-2)8-6-9;1-3-9-6-5-7-10(4-2)8-9;1-3-5-8-6(7)4-2;1-3-5(6)7-4-2;1-3-4-2/h3-7H,1,8H2,2H3;2*3,5-8H,1,4H2,2H3;4H,2-3,5H2,1H3;3H,1,4H2,2H3;3H,1,4H2,2H3. The van der Waals surface area contributed by atoms with Crippen LogP contribution in [0.4, 0.5) is 0 Å². The van der Waals surface area contributed by atoms with E-state index >= 15 is 0 Å². The Bertz CT molecular complexity index is 1330. The monoisotopic (exact) mass is 682 g/mol. The summed E-state index contributed by atoms with van der Waals surface area (Å²) in [6.07, 6.45) is 13.9. The van der Waals surface area contributed by atoms with Crippen LogP contribution in [-0.4, -0.2) is 32.3 Å². The van der Waals surface area contributed by atoms with Crippen molar-refractivity contribution in [3.8, 4) is 0 Å². The van der Waals surface area contributed by atoms with Crippen molar-refractivity contribution in [3.05, 3.63) is 164 Å². The zero-order valence-electron chi connectivity index (χ0n) is 31.6. The van der Waals surface area contributed by atoms with Crippen molar-refractivity contribution in [2.24, 2.45) is 0 Å². The van der Waals surface area contributed by atoms with Crippen LogP contribution < -0.4 is 0 Å². The lowest BCUT2D eigenvalue weighted by atomic mass is 10.1. The van der Waals surface area contributed by atoms with Crippen molar-refractivity contribution >= 4 is 30.2 Å². The molecule has 0 bridgehead atoms. The molecule has 0 saturated carbocycles. The average Bonchev–Trinajstić information content (AvgIpc) is 3.18. The van der Waals surface area contributed by atoms with Crippen molar-refractivity contribution in [3.63, 3.8) is 0 Å². The molecule has 0 spiro atoms. The van der Waals surface area contributed by atoms with Gasteiger partial charge in [0.15, 0.2) is 0 Å². The molecule has 3 aromatic rings. The van der Waals surface area contributed by atoms with Crippen LogP contribution in [0.2, 0.25) is 0 Å². The molecule has 0 aliphatic rings. The lowest BCUT2D eigenvalue weighted by Gasteiger charge is -1.98. The van der Waals surface area contributed by atoms with Crippen LogP contribution in [0.3, 0.4) is 0 Å². The minimum absolute atomic E-state index is 0.341. The summed E-state index contributed by atoms with van der Waals surface area (Å²) >= 11 is 0. The molecule has 0 radical (unpaired) electrons. The Balaban J connectivity index is -0.000000542. The number of ether oxygens (including phenoxy) is 3. The number of hydrogen-bond acceptors (Lipinski definition) is 5. The van der Waals surface area contributed by atoms with Crippen LogP contribution in [0.1, 0.15) is 80.8 Å². The van der Waals surface area contributed by atoms with E-state index in [1.807, 2.05) is 55.5 Å². The topological polar surface area (TPSA) is 61.8 Å². The zero-order valence-corrected chi connectivity index (χ0v) is 31.6. The Morgan fingerprint density at radius 2 is 1.06 bits per heavy atom. The molecule has 0 amide bonds. The molecule has 272 valence electrons. The number of aryl methyl sites for hydroxylation is 2. The summed E-state index contributed by atoms with van der Waals surface area (Å²) in [7, 11) is 1.70. The van der Waals surface area contributed by atoms with Crippen LogP contribution >= 0.6 is 0 Å². The third-order valence-corrected chi connectivity index (χ3v) is 6.10. The van der Waals surface area contributed by atoms with Gasteiger partial charge in [0, 0.05) is 19.3 Å². The number of rotatable bonds is 13. The van der Waals surface area contributed by atoms with Crippen molar-refractivity contribution < 1.29 is 23.8 Å². The van der Waals surface area contributed by atoms with E-state index in [4.69, 9.17) is 4.74 Å². The Hall–Kier alpha value is -5.00. The highest BCUT2D eigenvalue weighted by Crippen LogP contribution is 2.07. The van der Waals surface area contributed by atoms with Crippen LogP contribution in [-0.2, 0) is 43.2 Å². The number of benzene rings is 3. The van der Waals surface area contributed by atoms with E-state index < -0.39 is 0 Å². The molecule has 5 heteroatoms. The van der Waals surface area contributed by atoms with Gasteiger partial charge >= 0.3 is 11.9 Å². The fourth-order valence-electron chi connectivity index (χ4n) is 3.21. The molecule has 0 saturated heterocycles. The van der Waals surface area contributed by atoms with Crippen LogP contribution in [0.15, 0.2) is 130 Å². The molecule has 0 heterocycles. The fraction of sp³-hybridized carbons (Fsp3) is 0.289. The molecule has 0 aliphatic heterocycles. The normalized spacial score (nSPS) is 8.68. The summed E-state index contributed by atoms with van der Waals surface area (Å²) in [4.78, 5) is 20.3. The first kappa shape index (κ1) is 49.4. The van der Waals surface area contributed by atoms with E-state index in [0.29, 0.717) is 19.8 Å². The smallest absolute Gasteiger partial charge is 0.330 e. The molecule has 50 heavy (non-hydrogen) atoms. The average molecular weight is 683 g/mol. The predicted molar refractivity (Wildman–Crippen MR) is 218 cm³/mol. The molecular weight excluding hydrogens is 620 g/mol. The van der Waals surface area contributed by atoms with E-state index in [-0.39, 0.29) is 11.9 Å². The second-order valence-electron chi connectivity index (χ2n) is 10.0. The van der Waals surface area contributed by atoms with Gasteiger partial charge in [-0.1, -0.05) is 158 Å². The molecule has 0 atom stereocenters. The Morgan fingerprint density at radius 1 is 0.600 bits per heavy atom. The molecule has 0 fully saturated rings. The number of esters is 2. The number of methoxy groups -OCH3 is 1. The Morgan fingerprint density at radius 3 is 1.40 bits per heavy atom. The zero-order chi connectivity index (χ0) is 38.4. The minimum Gasteiger partial charge on any atom is -0.463 e. The molecule has 3 aromatic carbocycles. The van der Waals surface area contributed by atoms with Gasteiger partial charge in [-0.3, -0.25) is 0 Å². The van der Waals surface area contributed by atoms with Gasteiger partial charge in [-0.15, -0.1) is 6.58 Å². The van der Waals surface area contributed by atoms with Gasteiger partial charge in [-0.2, -0.15) is 0 Å². The van der Waals surface area contributed by atoms with E-state index in [2.05, 4.69) is 118 Å². The molecular formula is C45H62O5. The number of hydrogen-bond donors (Lipinski definition) is 0. The van der Waals surface area contributed by atoms with Crippen molar-refractivity contribution in [1.29, 1.82) is 0 Å². The summed E-state index contributed by atoms with van der Waals surface area (Å²) in [5.74, 6) is -0.700. The van der Waals surface area contributed by atoms with Crippen LogP contribution in [0, 0.1) is 0 Å². The lowest BCUT2D eigenvalue weighted by Crippen LogP contribution is -1.99. The maximum atomic E-state index is 10.2. The van der Waals surface area contributed by atoms with Gasteiger partial charge < -0.3 is 14.2 Å². The molecule has 0 aliphatic carbocycles. The Labute approximate surface area is 304 Å². The fourth-order valence-corrected chi connectivity index (χ4v) is 3.21. The third kappa shape index (κ3) is 30.3. The van der Waals surface area contributed by atoms with Gasteiger partial charge in [0.05, 0.1) is 19.8 Å². The van der Waals surface area contributed by atoms with Gasteiger partial charge in [0.25, 0.3) is 0 Å². The summed E-state index contributed by atoms with van der Waals surface area (Å²) in [6, 6.07) is 25.0. The van der Waals surface area contributed by atoms with Crippen molar-refractivity contribution in [2.75, 3.05) is 20.3 Å². The second kappa shape index (κ2) is 36.8. The van der Waals surface area contributed by atoms with Crippen molar-refractivity contribution in [1.82, 2.24) is 0 Å². The van der Waals surface area contributed by atoms with Gasteiger partial charge in [-0.25, -0.2) is 9.59 Å². The Kier molecular flexibility index (Phi) is 36.4. The highest BCUT2D eigenvalue weighted by molar-refractivity contribution is 5.81. The third-order valence-electron chi connectivity index (χ3n) is 6.10. The van der Waals surface area contributed by atoms with Crippen LogP contribution in [0.25, 0.3) is 18.2 Å². The van der Waals surface area contributed by atoms with Gasteiger partial charge in [-0.05, 0) is 66.0 Å². The molecule has 5 nitrogen and oxygen atoms in total. The van der Waals surface area contributed by atoms with Crippen LogP contribution in [0.5, 0.6) is 0 Å². The SMILES string of the molecule is C=CC(=O)OCC.C=CC(=O)OCCC.C=CCC.C=Cc1ccc(CC)cc1.C=Cc1ccc(COC)cc1.C=Cc1cccc(CC)c1. The molecule has 3 rings (SSSR count). The summed E-state index contributed by atoms with van der Waals surface area (Å²) < 4.78 is 14.0. The lowest BCUT2D eigenvalue weighted by molar-refractivity contribution is -0.138. The van der Waals surface area contributed by atoms with E-state index in [1.54, 1.807) is 14.0 Å². The minimum atomic E-state index is -0.359. The first-order chi connectivity index (χ1) is 24.1. The highest BCUT2D eigenvalue weighted by atomic mass is 16.5. The molecule has 0 unspecified atom stereocenters. The quantitative estimate of drug-likeness (QED) is 0.102. The maximum Gasteiger partial charge on any atom is 0.330 e. The number of allylic oxidation sites excluding steroid dienone is 1. The van der Waals surface area contributed by atoms with Gasteiger partial charge in [0.2, 0.25) is 0 Å². The van der Waals surface area contributed by atoms with E-state index in [0.717, 1.165) is 43.4 Å². The van der Waals surface area contributed by atoms with Gasteiger partial charge in [0.1, 0.15) is 0 Å². The second-order valence-corrected chi connectivity index (χ2v) is 10.0. The summed E-state index contributed by atoms with van der Waals surface area (Å²) in [6.45, 7) is 32.6. The first-order valence-corrected chi connectivity index (χ1v) is 17.0. The highest BCUT2D eigenvalue weighted by Gasteiger charge is 1.91. The molecule has 0 aromatic heterocycles. The van der Waals surface area contributed by atoms with E-state index in [1.165, 1.54) is 27.8 Å². The summed E-state index contributed by atoms with van der Waals surface area (Å²) in [5.41, 5.74) is 7.49. The largest absolute Gasteiger partial charge is 0.463 e. The number of carbonyl (C=O) groups excluding carboxylic acids is 2. The number of carbonyl (C=O) groups is 2. The van der Waals surface area contributed by atoms with E-state index in [9.17, 15) is 9.59 Å². The predicted octanol–water partition coefficient (Wildman–Crippen LogP) is 11.7. The molecule has 0 N–H and O–H groups in total. The summed E-state index contributed by atoms with van der Waals surface area (Å²) in [5, 5.41) is 0. The maximum absolute atomic E-state index is 10.2. The van der Waals surface area contributed by atoms with Crippen molar-refractivity contribution in [2.45, 2.75) is 66.9 Å². The first-order valence-electron chi connectivity index (χ1n) is 17.0.